The van der Waals surface area contributed by atoms with Crippen molar-refractivity contribution in [2.24, 2.45) is 0 Å². The Morgan fingerprint density at radius 3 is 2.50 bits per heavy atom. The lowest BCUT2D eigenvalue weighted by atomic mass is 10.1. The highest BCUT2D eigenvalue weighted by Crippen LogP contribution is 2.18. The van der Waals surface area contributed by atoms with Crippen LogP contribution < -0.4 is 10.6 Å². The lowest BCUT2D eigenvalue weighted by Crippen LogP contribution is -2.49. The van der Waals surface area contributed by atoms with Crippen LogP contribution in [-0.4, -0.2) is 40.4 Å². The molecule has 4 N–H and O–H groups in total. The summed E-state index contributed by atoms with van der Waals surface area (Å²) in [7, 11) is 0. The number of aliphatic hydroxyl groups is 1. The van der Waals surface area contributed by atoms with Gasteiger partial charge in [-0.25, -0.2) is 9.59 Å². The van der Waals surface area contributed by atoms with Gasteiger partial charge in [-0.15, -0.1) is 0 Å². The Bertz CT molecular complexity index is 248. The van der Waals surface area contributed by atoms with E-state index < -0.39 is 17.6 Å². The monoisotopic (exact) mass is 202 g/mol. The van der Waals surface area contributed by atoms with Crippen LogP contribution >= 0.6 is 0 Å². The van der Waals surface area contributed by atoms with Crippen LogP contribution in [0.25, 0.3) is 0 Å². The number of carbonyl (C=O) groups excluding carboxylic acids is 1. The first-order chi connectivity index (χ1) is 6.42. The maximum absolute atomic E-state index is 11.0. The largest absolute Gasteiger partial charge is 0.479 e. The third-order valence-electron chi connectivity index (χ3n) is 1.97. The first kappa shape index (κ1) is 10.8. The van der Waals surface area contributed by atoms with Crippen molar-refractivity contribution in [3.8, 4) is 0 Å². The Morgan fingerprint density at radius 1 is 1.50 bits per heavy atom. The van der Waals surface area contributed by atoms with Crippen LogP contribution in [0, 0.1) is 0 Å². The van der Waals surface area contributed by atoms with Gasteiger partial charge in [0, 0.05) is 6.04 Å². The molecule has 1 aliphatic rings. The van der Waals surface area contributed by atoms with Crippen LogP contribution in [0.4, 0.5) is 4.79 Å². The van der Waals surface area contributed by atoms with Gasteiger partial charge in [-0.1, -0.05) is 0 Å². The molecule has 1 atom stereocenters. The van der Waals surface area contributed by atoms with Gasteiger partial charge in [0.25, 0.3) is 0 Å². The maximum atomic E-state index is 11.0. The van der Waals surface area contributed by atoms with E-state index in [2.05, 4.69) is 10.6 Å². The Kier molecular flexibility index (Phi) is 2.95. The van der Waals surface area contributed by atoms with Crippen molar-refractivity contribution in [3.05, 3.63) is 0 Å². The smallest absolute Gasteiger partial charge is 0.337 e. The lowest BCUT2D eigenvalue weighted by Gasteiger charge is -2.18. The molecular weight excluding hydrogens is 188 g/mol. The SMILES string of the molecule is CC(O)(CNC(=O)NC1CC1)C(=O)O. The topological polar surface area (TPSA) is 98.7 Å². The molecule has 0 radical (unpaired) electrons. The molecule has 6 nitrogen and oxygen atoms in total. The normalized spacial score (nSPS) is 19.6. The number of hydrogen-bond donors (Lipinski definition) is 4. The molecule has 1 aliphatic carbocycles. The van der Waals surface area contributed by atoms with E-state index in [1.165, 1.54) is 0 Å². The van der Waals surface area contributed by atoms with E-state index in [0.29, 0.717) is 0 Å². The van der Waals surface area contributed by atoms with Gasteiger partial charge in [-0.05, 0) is 19.8 Å². The highest BCUT2D eigenvalue weighted by Gasteiger charge is 2.31. The van der Waals surface area contributed by atoms with E-state index in [1.807, 2.05) is 0 Å². The molecule has 6 heteroatoms. The highest BCUT2D eigenvalue weighted by molar-refractivity contribution is 5.79. The first-order valence-electron chi connectivity index (χ1n) is 4.42. The number of carboxylic acids is 1. The van der Waals surface area contributed by atoms with Crippen molar-refractivity contribution in [2.45, 2.75) is 31.4 Å². The molecule has 1 unspecified atom stereocenters. The van der Waals surface area contributed by atoms with E-state index in [9.17, 15) is 14.7 Å². The Labute approximate surface area is 81.3 Å². The molecule has 0 saturated heterocycles. The number of hydrogen-bond acceptors (Lipinski definition) is 3. The zero-order valence-corrected chi connectivity index (χ0v) is 7.91. The molecule has 1 fully saturated rings. The molecule has 0 aromatic heterocycles. The minimum atomic E-state index is -1.92. The first-order valence-corrected chi connectivity index (χ1v) is 4.42. The summed E-state index contributed by atoms with van der Waals surface area (Å²) in [6.07, 6.45) is 1.92. The summed E-state index contributed by atoms with van der Waals surface area (Å²) in [5, 5.41) is 22.7. The summed E-state index contributed by atoms with van der Waals surface area (Å²) >= 11 is 0. The summed E-state index contributed by atoms with van der Waals surface area (Å²) in [5.41, 5.74) is -1.92. The van der Waals surface area contributed by atoms with Gasteiger partial charge in [-0.3, -0.25) is 0 Å². The van der Waals surface area contributed by atoms with Crippen LogP contribution in [-0.2, 0) is 4.79 Å². The summed E-state index contributed by atoms with van der Waals surface area (Å²) in [5.74, 6) is -1.36. The minimum Gasteiger partial charge on any atom is -0.479 e. The fraction of sp³-hybridized carbons (Fsp3) is 0.750. The zero-order chi connectivity index (χ0) is 10.8. The van der Waals surface area contributed by atoms with Gasteiger partial charge in [0.15, 0.2) is 5.60 Å². The van der Waals surface area contributed by atoms with Gasteiger partial charge < -0.3 is 20.8 Å². The fourth-order valence-corrected chi connectivity index (χ4v) is 0.792. The molecule has 0 bridgehead atoms. The van der Waals surface area contributed by atoms with Crippen LogP contribution in [0.1, 0.15) is 19.8 Å². The zero-order valence-electron chi connectivity index (χ0n) is 7.91. The molecule has 1 rings (SSSR count). The molecule has 14 heavy (non-hydrogen) atoms. The van der Waals surface area contributed by atoms with E-state index in [1.54, 1.807) is 0 Å². The number of rotatable bonds is 4. The quantitative estimate of drug-likeness (QED) is 0.483. The minimum absolute atomic E-state index is 0.213. The van der Waals surface area contributed by atoms with Crippen LogP contribution in [0.2, 0.25) is 0 Å². The highest BCUT2D eigenvalue weighted by atomic mass is 16.4. The number of amides is 2. The number of carboxylic acid groups (broad SMARTS) is 1. The van der Waals surface area contributed by atoms with Gasteiger partial charge in [0.2, 0.25) is 0 Å². The molecule has 80 valence electrons. The second-order valence-corrected chi connectivity index (χ2v) is 3.68. The molecule has 2 amide bonds. The molecule has 0 spiro atoms. The average molecular weight is 202 g/mol. The summed E-state index contributed by atoms with van der Waals surface area (Å²) in [4.78, 5) is 21.5. The van der Waals surface area contributed by atoms with Gasteiger partial charge in [0.05, 0.1) is 6.54 Å². The summed E-state index contributed by atoms with van der Waals surface area (Å²) < 4.78 is 0. The lowest BCUT2D eigenvalue weighted by molar-refractivity contribution is -0.155. The van der Waals surface area contributed by atoms with E-state index in [-0.39, 0.29) is 12.6 Å². The number of urea groups is 1. The third-order valence-corrected chi connectivity index (χ3v) is 1.97. The van der Waals surface area contributed by atoms with Crippen LogP contribution in [0.5, 0.6) is 0 Å². The molecule has 1 saturated carbocycles. The van der Waals surface area contributed by atoms with Crippen LogP contribution in [0.15, 0.2) is 0 Å². The van der Waals surface area contributed by atoms with E-state index in [0.717, 1.165) is 19.8 Å². The molecule has 0 heterocycles. The van der Waals surface area contributed by atoms with Crippen molar-refractivity contribution < 1.29 is 19.8 Å². The maximum Gasteiger partial charge on any atom is 0.337 e. The number of nitrogens with one attached hydrogen (secondary N) is 2. The molecule has 0 aromatic carbocycles. The van der Waals surface area contributed by atoms with E-state index >= 15 is 0 Å². The van der Waals surface area contributed by atoms with Crippen molar-refractivity contribution in [1.82, 2.24) is 10.6 Å². The standard InChI is InChI=1S/C8H14N2O4/c1-8(14,6(11)12)4-9-7(13)10-5-2-3-5/h5,14H,2-4H2,1H3,(H,11,12)(H2,9,10,13). The second kappa shape index (κ2) is 3.83. The van der Waals surface area contributed by atoms with E-state index in [4.69, 9.17) is 5.11 Å². The fourth-order valence-electron chi connectivity index (χ4n) is 0.792. The summed E-state index contributed by atoms with van der Waals surface area (Å²) in [6.45, 7) is 0.827. The van der Waals surface area contributed by atoms with Crippen molar-refractivity contribution >= 4 is 12.0 Å². The molecular formula is C8H14N2O4. The average Bonchev–Trinajstić information content (AvgIpc) is 2.85. The predicted octanol–water partition coefficient (Wildman–Crippen LogP) is -0.716. The molecule has 0 aliphatic heterocycles. The van der Waals surface area contributed by atoms with Gasteiger partial charge >= 0.3 is 12.0 Å². The number of carbonyl (C=O) groups is 2. The van der Waals surface area contributed by atoms with Gasteiger partial charge in [0.1, 0.15) is 0 Å². The summed E-state index contributed by atoms with van der Waals surface area (Å²) in [6, 6.07) is -0.223. The van der Waals surface area contributed by atoms with Crippen molar-refractivity contribution in [1.29, 1.82) is 0 Å². The Hall–Kier alpha value is -1.30. The van der Waals surface area contributed by atoms with Crippen molar-refractivity contribution in [3.63, 3.8) is 0 Å². The Balaban J connectivity index is 2.24. The molecule has 0 aromatic rings. The number of aliphatic carboxylic acids is 1. The van der Waals surface area contributed by atoms with Gasteiger partial charge in [-0.2, -0.15) is 0 Å². The second-order valence-electron chi connectivity index (χ2n) is 3.68. The van der Waals surface area contributed by atoms with Crippen molar-refractivity contribution in [2.75, 3.05) is 6.54 Å². The van der Waals surface area contributed by atoms with Crippen LogP contribution in [0.3, 0.4) is 0 Å². The Morgan fingerprint density at radius 2 is 2.07 bits per heavy atom. The third kappa shape index (κ3) is 3.21. The predicted molar refractivity (Wildman–Crippen MR) is 47.8 cm³/mol.